The van der Waals surface area contributed by atoms with E-state index in [0.29, 0.717) is 47.3 Å². The molecule has 0 aliphatic carbocycles. The van der Waals surface area contributed by atoms with Gasteiger partial charge < -0.3 is 15.3 Å². The van der Waals surface area contributed by atoms with Crippen LogP contribution in [0.5, 0.6) is 5.88 Å². The number of nitrogens with one attached hydrogen (secondary N) is 2. The van der Waals surface area contributed by atoms with Crippen LogP contribution in [-0.2, 0) is 17.1 Å². The minimum Gasteiger partial charge on any atom is -0.492 e. The number of hydrogen-bond acceptors (Lipinski definition) is 6. The first-order valence-electron chi connectivity index (χ1n) is 11.6. The minimum atomic E-state index is -5.08. The number of benzene rings is 2. The standard InChI is InChI=1S/C25H19F6N5O2S/c26-24(27,28)16-3-1-14(18(11-16)25(29,30)31)10-17(13-2-4-19-15(9-13)12-33-35-19)21-22(38)34-23(39-21)36-7-5-20(37)32-6-8-36/h1-4,9-12,38H,5-8H2,(H,32,37)(H,33,35). The Balaban J connectivity index is 1.68. The number of aromatic hydroxyl groups is 1. The largest absolute Gasteiger partial charge is 0.492 e. The molecule has 2 aromatic heterocycles. The molecule has 0 atom stereocenters. The molecule has 1 amide bonds. The van der Waals surface area contributed by atoms with Crippen LogP contribution < -0.4 is 10.2 Å². The summed E-state index contributed by atoms with van der Waals surface area (Å²) in [5.74, 6) is -0.605. The van der Waals surface area contributed by atoms with Gasteiger partial charge in [-0.2, -0.15) is 36.4 Å². The fourth-order valence-electron chi connectivity index (χ4n) is 4.22. The molecule has 5 rings (SSSR count). The Hall–Kier alpha value is -4.07. The number of anilines is 1. The normalized spacial score (nSPS) is 15.5. The summed E-state index contributed by atoms with van der Waals surface area (Å²) < 4.78 is 81.4. The van der Waals surface area contributed by atoms with Crippen molar-refractivity contribution in [3.8, 4) is 5.88 Å². The van der Waals surface area contributed by atoms with Crippen molar-refractivity contribution in [3.05, 3.63) is 69.7 Å². The van der Waals surface area contributed by atoms with E-state index in [2.05, 4.69) is 20.5 Å². The lowest BCUT2D eigenvalue weighted by Crippen LogP contribution is -2.28. The van der Waals surface area contributed by atoms with Crippen molar-refractivity contribution >= 4 is 44.9 Å². The molecule has 7 nitrogen and oxygen atoms in total. The lowest BCUT2D eigenvalue weighted by Gasteiger charge is -2.17. The average molecular weight is 568 g/mol. The number of halogens is 6. The van der Waals surface area contributed by atoms with Crippen LogP contribution in [0.3, 0.4) is 0 Å². The number of aromatic amines is 1. The molecule has 14 heteroatoms. The van der Waals surface area contributed by atoms with E-state index in [1.807, 2.05) is 0 Å². The Bertz CT molecular complexity index is 1570. The first kappa shape index (κ1) is 26.5. The quantitative estimate of drug-likeness (QED) is 0.218. The number of amides is 1. The molecule has 1 fully saturated rings. The van der Waals surface area contributed by atoms with Crippen molar-refractivity contribution in [2.75, 3.05) is 24.5 Å². The van der Waals surface area contributed by atoms with E-state index in [1.165, 1.54) is 6.20 Å². The Morgan fingerprint density at radius 3 is 2.59 bits per heavy atom. The van der Waals surface area contributed by atoms with Gasteiger partial charge in [-0.3, -0.25) is 9.89 Å². The summed E-state index contributed by atoms with van der Waals surface area (Å²) in [5.41, 5.74) is -2.26. The smallest absolute Gasteiger partial charge is 0.417 e. The van der Waals surface area contributed by atoms with Gasteiger partial charge in [0.05, 0.1) is 22.8 Å². The van der Waals surface area contributed by atoms with Gasteiger partial charge >= 0.3 is 12.4 Å². The van der Waals surface area contributed by atoms with Crippen molar-refractivity contribution in [1.82, 2.24) is 20.5 Å². The third-order valence-corrected chi connectivity index (χ3v) is 7.30. The molecule has 3 heterocycles. The summed E-state index contributed by atoms with van der Waals surface area (Å²) in [6, 6.07) is 6.28. The molecule has 0 unspecified atom stereocenters. The van der Waals surface area contributed by atoms with Crippen LogP contribution in [-0.4, -0.2) is 45.8 Å². The molecule has 4 aromatic rings. The van der Waals surface area contributed by atoms with E-state index in [9.17, 15) is 36.2 Å². The number of nitrogens with zero attached hydrogens (tertiary/aromatic N) is 3. The van der Waals surface area contributed by atoms with Gasteiger partial charge in [-0.1, -0.05) is 23.5 Å². The molecule has 0 spiro atoms. The number of fused-ring (bicyclic) bond motifs is 1. The second-order valence-electron chi connectivity index (χ2n) is 8.76. The molecule has 3 N–H and O–H groups in total. The summed E-state index contributed by atoms with van der Waals surface area (Å²) >= 11 is 1.000. The van der Waals surface area contributed by atoms with Crippen molar-refractivity contribution in [2.24, 2.45) is 0 Å². The summed E-state index contributed by atoms with van der Waals surface area (Å²) in [5, 5.41) is 21.2. The molecule has 0 radical (unpaired) electrons. The van der Waals surface area contributed by atoms with E-state index in [-0.39, 0.29) is 28.8 Å². The number of carbonyl (C=O) groups is 1. The Labute approximate surface area is 220 Å². The maximum Gasteiger partial charge on any atom is 0.417 e. The number of carbonyl (C=O) groups excluding carboxylic acids is 1. The maximum atomic E-state index is 13.9. The van der Waals surface area contributed by atoms with Crippen LogP contribution in [0.15, 0.2) is 42.6 Å². The Morgan fingerprint density at radius 1 is 1.05 bits per heavy atom. The predicted molar refractivity (Wildman–Crippen MR) is 133 cm³/mol. The van der Waals surface area contributed by atoms with E-state index in [1.54, 1.807) is 23.1 Å². The number of aromatic nitrogens is 3. The molecular formula is C25H19F6N5O2S. The molecule has 1 aliphatic rings. The fourth-order valence-corrected chi connectivity index (χ4v) is 5.27. The third kappa shape index (κ3) is 5.55. The zero-order chi connectivity index (χ0) is 27.9. The van der Waals surface area contributed by atoms with Gasteiger partial charge in [-0.05, 0) is 41.5 Å². The van der Waals surface area contributed by atoms with Gasteiger partial charge in [0.25, 0.3) is 0 Å². The van der Waals surface area contributed by atoms with E-state index < -0.39 is 34.9 Å². The summed E-state index contributed by atoms with van der Waals surface area (Å²) in [6.45, 7) is 1.06. The highest BCUT2D eigenvalue weighted by Crippen LogP contribution is 2.43. The maximum absolute atomic E-state index is 13.9. The second-order valence-corrected chi connectivity index (χ2v) is 9.74. The molecule has 39 heavy (non-hydrogen) atoms. The molecule has 204 valence electrons. The molecular weight excluding hydrogens is 548 g/mol. The van der Waals surface area contributed by atoms with Crippen molar-refractivity contribution < 1.29 is 36.2 Å². The highest BCUT2D eigenvalue weighted by atomic mass is 32.1. The summed E-state index contributed by atoms with van der Waals surface area (Å²) in [4.78, 5) is 17.8. The number of alkyl halides is 6. The Kier molecular flexibility index (Phi) is 6.74. The monoisotopic (exact) mass is 567 g/mol. The zero-order valence-electron chi connectivity index (χ0n) is 19.8. The average Bonchev–Trinajstić information content (AvgIpc) is 3.43. The molecule has 2 aromatic carbocycles. The molecule has 1 saturated heterocycles. The highest BCUT2D eigenvalue weighted by Gasteiger charge is 2.38. The van der Waals surface area contributed by atoms with Crippen molar-refractivity contribution in [2.45, 2.75) is 18.8 Å². The zero-order valence-corrected chi connectivity index (χ0v) is 20.6. The Morgan fingerprint density at radius 2 is 1.85 bits per heavy atom. The van der Waals surface area contributed by atoms with Crippen LogP contribution in [0, 0.1) is 0 Å². The molecule has 0 bridgehead atoms. The van der Waals surface area contributed by atoms with Gasteiger partial charge in [-0.15, -0.1) is 0 Å². The summed E-state index contributed by atoms with van der Waals surface area (Å²) in [6.07, 6.45) is -7.26. The van der Waals surface area contributed by atoms with E-state index >= 15 is 0 Å². The molecule has 1 aliphatic heterocycles. The first-order chi connectivity index (χ1) is 18.4. The number of H-pyrrole nitrogens is 1. The van der Waals surface area contributed by atoms with Crippen LogP contribution in [0.1, 0.15) is 33.6 Å². The highest BCUT2D eigenvalue weighted by molar-refractivity contribution is 7.17. The van der Waals surface area contributed by atoms with E-state index in [0.717, 1.165) is 23.5 Å². The van der Waals surface area contributed by atoms with Crippen LogP contribution in [0.2, 0.25) is 0 Å². The summed E-state index contributed by atoms with van der Waals surface area (Å²) in [7, 11) is 0. The number of hydrogen-bond donors (Lipinski definition) is 3. The molecule has 0 saturated carbocycles. The van der Waals surface area contributed by atoms with E-state index in [4.69, 9.17) is 0 Å². The van der Waals surface area contributed by atoms with Gasteiger partial charge in [0, 0.05) is 37.0 Å². The number of rotatable bonds is 4. The van der Waals surface area contributed by atoms with Crippen molar-refractivity contribution in [1.29, 1.82) is 0 Å². The minimum absolute atomic E-state index is 0.0714. The third-order valence-electron chi connectivity index (χ3n) is 6.16. The van der Waals surface area contributed by atoms with Gasteiger partial charge in [0.2, 0.25) is 11.8 Å². The number of thiazole rings is 1. The van der Waals surface area contributed by atoms with Gasteiger partial charge in [0.1, 0.15) is 4.88 Å². The predicted octanol–water partition coefficient (Wildman–Crippen LogP) is 5.68. The van der Waals surface area contributed by atoms with Crippen LogP contribution in [0.4, 0.5) is 31.5 Å². The lowest BCUT2D eigenvalue weighted by atomic mass is 9.96. The van der Waals surface area contributed by atoms with Gasteiger partial charge in [-0.25, -0.2) is 0 Å². The van der Waals surface area contributed by atoms with Crippen LogP contribution >= 0.6 is 11.3 Å². The first-order valence-corrected chi connectivity index (χ1v) is 12.4. The van der Waals surface area contributed by atoms with Crippen molar-refractivity contribution in [3.63, 3.8) is 0 Å². The topological polar surface area (TPSA) is 94.1 Å². The van der Waals surface area contributed by atoms with Crippen LogP contribution in [0.25, 0.3) is 22.6 Å². The SMILES string of the molecule is O=C1CCN(c2nc(O)c(C(=Cc3ccc(C(F)(F)F)cc3C(F)(F)F)c3ccc4[nH]ncc4c3)s2)CCN1. The lowest BCUT2D eigenvalue weighted by molar-refractivity contribution is -0.143. The van der Waals surface area contributed by atoms with Gasteiger partial charge in [0.15, 0.2) is 5.13 Å². The fraction of sp³-hybridized carbons (Fsp3) is 0.240. The second kappa shape index (κ2) is 9.91.